The number of aliphatic hydroxyl groups is 1. The third kappa shape index (κ3) is 5.04. The van der Waals surface area contributed by atoms with Gasteiger partial charge in [0, 0.05) is 11.3 Å². The quantitative estimate of drug-likeness (QED) is 0.198. The number of aliphatic hydroxyl groups excluding tert-OH is 1. The molecule has 0 radical (unpaired) electrons. The van der Waals surface area contributed by atoms with E-state index in [1.165, 1.54) is 30.3 Å². The molecule has 0 bridgehead atoms. The van der Waals surface area contributed by atoms with Gasteiger partial charge in [0.25, 0.3) is 0 Å². The van der Waals surface area contributed by atoms with Gasteiger partial charge in [-0.3, -0.25) is 4.79 Å². The first-order chi connectivity index (χ1) is 15.3. The molecule has 32 heavy (non-hydrogen) atoms. The second kappa shape index (κ2) is 9.75. The minimum atomic E-state index is -4.02. The van der Waals surface area contributed by atoms with E-state index in [0.717, 1.165) is 17.8 Å². The number of quaternary nitrogens is 1. The molecule has 166 valence electrons. The predicted octanol–water partition coefficient (Wildman–Crippen LogP) is 2.44. The van der Waals surface area contributed by atoms with E-state index in [1.54, 1.807) is 6.08 Å². The highest BCUT2D eigenvalue weighted by molar-refractivity contribution is 7.86. The fourth-order valence-corrected chi connectivity index (χ4v) is 3.66. The van der Waals surface area contributed by atoms with Gasteiger partial charge in [0.05, 0.1) is 17.0 Å². The van der Waals surface area contributed by atoms with Crippen LogP contribution in [0.15, 0.2) is 94.8 Å². The van der Waals surface area contributed by atoms with Crippen LogP contribution in [-0.2, 0) is 19.2 Å². The maximum absolute atomic E-state index is 12.4. The second-order valence-electron chi connectivity index (χ2n) is 6.96. The molecule has 0 heterocycles. The number of hydrogen-bond donors (Lipinski definition) is 4. The minimum absolute atomic E-state index is 0.0154. The Bertz CT molecular complexity index is 1240. The molecule has 0 aromatic heterocycles. The molecule has 8 nitrogen and oxygen atoms in total. The molecule has 2 aromatic rings. The third-order valence-corrected chi connectivity index (χ3v) is 5.83. The first kappa shape index (κ1) is 23.2. The first-order valence-corrected chi connectivity index (χ1v) is 11.2. The molecule has 0 atom stereocenters. The zero-order valence-electron chi connectivity index (χ0n) is 17.4. The lowest BCUT2D eigenvalue weighted by Crippen LogP contribution is -2.77. The minimum Gasteiger partial charge on any atom is -0.505 e. The molecule has 3 rings (SSSR count). The summed E-state index contributed by atoms with van der Waals surface area (Å²) in [4.78, 5) is 12.3. The van der Waals surface area contributed by atoms with Crippen molar-refractivity contribution in [2.24, 2.45) is 5.90 Å². The van der Waals surface area contributed by atoms with Crippen LogP contribution >= 0.6 is 0 Å². The third-order valence-electron chi connectivity index (χ3n) is 4.73. The second-order valence-corrected chi connectivity index (χ2v) is 8.53. The first-order valence-electron chi connectivity index (χ1n) is 9.76. The number of carbonyl (C=O) groups is 1. The number of benzene rings is 2. The van der Waals surface area contributed by atoms with E-state index in [1.807, 2.05) is 30.3 Å². The summed E-state index contributed by atoms with van der Waals surface area (Å²) in [6, 6.07) is 13.3. The SMILES string of the molecule is C=C(C=Cc1ccccc1[NH2+]CC)C=C1C(=O)C(Nc2ccc(S(=O)(=O)ON)cc2)=C1O. The van der Waals surface area contributed by atoms with E-state index >= 15 is 0 Å². The lowest BCUT2D eigenvalue weighted by Gasteiger charge is -2.22. The number of anilines is 1. The number of nitrogens with two attached hydrogens (primary N) is 2. The van der Waals surface area contributed by atoms with E-state index in [4.69, 9.17) is 5.90 Å². The Labute approximate surface area is 186 Å². The standard InChI is InChI=1S/C23H23N3O5S/c1-3-25-20-7-5-4-6-16(20)9-8-15(2)14-19-22(27)21(23(19)28)26-17-10-12-18(13-11-17)32(29,30)31-24/h4-14,25-27H,2-3,24H2,1H3/p+1. The summed E-state index contributed by atoms with van der Waals surface area (Å²) < 4.78 is 27.1. The summed E-state index contributed by atoms with van der Waals surface area (Å²) in [5, 5.41) is 15.2. The highest BCUT2D eigenvalue weighted by Crippen LogP contribution is 2.31. The average molecular weight is 455 g/mol. The largest absolute Gasteiger partial charge is 0.505 e. The van der Waals surface area contributed by atoms with Gasteiger partial charge in [-0.2, -0.15) is 18.6 Å². The number of rotatable bonds is 9. The average Bonchev–Trinajstić information content (AvgIpc) is 2.80. The Kier molecular flexibility index (Phi) is 7.06. The molecular weight excluding hydrogens is 430 g/mol. The fraction of sp³-hybridized carbons (Fsp3) is 0.0870. The summed E-state index contributed by atoms with van der Waals surface area (Å²) in [6.45, 7) is 6.91. The van der Waals surface area contributed by atoms with Gasteiger partial charge in [-0.1, -0.05) is 24.8 Å². The van der Waals surface area contributed by atoms with Gasteiger partial charge >= 0.3 is 10.1 Å². The Morgan fingerprint density at radius 1 is 1.22 bits per heavy atom. The number of Topliss-reactive ketones (excluding diaryl/α,β-unsaturated/α-hetero) is 1. The molecule has 6 N–H and O–H groups in total. The number of allylic oxidation sites excluding steroid dienone is 5. The molecule has 1 aliphatic rings. The molecule has 1 aliphatic carbocycles. The van der Waals surface area contributed by atoms with E-state index in [0.29, 0.717) is 11.3 Å². The molecule has 0 saturated carbocycles. The number of hydrogen-bond acceptors (Lipinski definition) is 7. The molecule has 9 heteroatoms. The van der Waals surface area contributed by atoms with Crippen molar-refractivity contribution >= 4 is 33.4 Å². The fourth-order valence-electron chi connectivity index (χ4n) is 3.08. The Hall–Kier alpha value is -3.50. The van der Waals surface area contributed by atoms with Crippen molar-refractivity contribution < 1.29 is 27.9 Å². The van der Waals surface area contributed by atoms with Crippen molar-refractivity contribution in [2.75, 3.05) is 11.9 Å². The van der Waals surface area contributed by atoms with Crippen molar-refractivity contribution in [3.8, 4) is 0 Å². The van der Waals surface area contributed by atoms with Crippen LogP contribution in [0.3, 0.4) is 0 Å². The van der Waals surface area contributed by atoms with E-state index in [9.17, 15) is 18.3 Å². The summed E-state index contributed by atoms with van der Waals surface area (Å²) in [6.07, 6.45) is 5.20. The van der Waals surface area contributed by atoms with Crippen molar-refractivity contribution in [1.29, 1.82) is 0 Å². The normalized spacial score (nSPS) is 15.3. The summed E-state index contributed by atoms with van der Waals surface area (Å²) in [5.74, 6) is 4.18. The van der Waals surface area contributed by atoms with Gasteiger partial charge in [-0.15, -0.1) is 0 Å². The maximum Gasteiger partial charge on any atom is 0.312 e. The summed E-state index contributed by atoms with van der Waals surface area (Å²) in [7, 11) is -4.02. The van der Waals surface area contributed by atoms with E-state index < -0.39 is 10.1 Å². The number of carbonyl (C=O) groups excluding carboxylic acids is 1. The molecule has 0 fully saturated rings. The molecular formula is C23H24N3O5S+. The molecule has 0 spiro atoms. The molecule has 0 aliphatic heterocycles. The Balaban J connectivity index is 1.71. The van der Waals surface area contributed by atoms with Crippen LogP contribution in [0.4, 0.5) is 11.4 Å². The van der Waals surface area contributed by atoms with Crippen LogP contribution in [-0.4, -0.2) is 25.9 Å². The zero-order valence-corrected chi connectivity index (χ0v) is 18.2. The van der Waals surface area contributed by atoms with Crippen molar-refractivity contribution in [3.63, 3.8) is 0 Å². The van der Waals surface area contributed by atoms with Gasteiger partial charge in [0.2, 0.25) is 5.78 Å². The predicted molar refractivity (Wildman–Crippen MR) is 122 cm³/mol. The smallest absolute Gasteiger partial charge is 0.312 e. The van der Waals surface area contributed by atoms with Gasteiger partial charge < -0.3 is 15.7 Å². The Morgan fingerprint density at radius 2 is 1.91 bits per heavy atom. The molecule has 0 unspecified atom stereocenters. The van der Waals surface area contributed by atoms with Crippen molar-refractivity contribution in [1.82, 2.24) is 0 Å². The molecule has 0 saturated heterocycles. The van der Waals surface area contributed by atoms with Crippen LogP contribution in [0.1, 0.15) is 12.5 Å². The summed E-state index contributed by atoms with van der Waals surface area (Å²) in [5.41, 5.74) is 3.27. The number of ketones is 1. The molecule has 2 aromatic carbocycles. The lowest BCUT2D eigenvalue weighted by molar-refractivity contribution is -0.567. The zero-order chi connectivity index (χ0) is 23.3. The topological polar surface area (TPSA) is 135 Å². The Morgan fingerprint density at radius 3 is 2.53 bits per heavy atom. The van der Waals surface area contributed by atoms with Crippen LogP contribution < -0.4 is 16.5 Å². The van der Waals surface area contributed by atoms with Gasteiger partial charge in [-0.05, 0) is 61.0 Å². The van der Waals surface area contributed by atoms with Crippen LogP contribution in [0, 0.1) is 0 Å². The maximum atomic E-state index is 12.4. The summed E-state index contributed by atoms with van der Waals surface area (Å²) >= 11 is 0. The van der Waals surface area contributed by atoms with Crippen molar-refractivity contribution in [2.45, 2.75) is 11.8 Å². The highest BCUT2D eigenvalue weighted by atomic mass is 32.2. The lowest BCUT2D eigenvalue weighted by atomic mass is 9.91. The van der Waals surface area contributed by atoms with Gasteiger partial charge in [-0.25, -0.2) is 0 Å². The monoisotopic (exact) mass is 454 g/mol. The van der Waals surface area contributed by atoms with Crippen LogP contribution in [0.5, 0.6) is 0 Å². The van der Waals surface area contributed by atoms with Crippen molar-refractivity contribution in [3.05, 3.63) is 95.4 Å². The van der Waals surface area contributed by atoms with Crippen LogP contribution in [0.25, 0.3) is 6.08 Å². The highest BCUT2D eigenvalue weighted by Gasteiger charge is 2.34. The van der Waals surface area contributed by atoms with Gasteiger partial charge in [0.15, 0.2) is 5.76 Å². The molecule has 0 amide bonds. The number of nitrogens with one attached hydrogen (secondary N) is 1. The van der Waals surface area contributed by atoms with Gasteiger partial charge in [0.1, 0.15) is 11.4 Å². The van der Waals surface area contributed by atoms with E-state index in [2.05, 4.69) is 28.4 Å². The number of para-hydroxylation sites is 1. The van der Waals surface area contributed by atoms with Crippen LogP contribution in [0.2, 0.25) is 0 Å². The van der Waals surface area contributed by atoms with E-state index in [-0.39, 0.29) is 27.7 Å².